The van der Waals surface area contributed by atoms with Gasteiger partial charge in [0.15, 0.2) is 0 Å². The maximum atomic E-state index is 12.6. The van der Waals surface area contributed by atoms with Crippen molar-refractivity contribution in [3.63, 3.8) is 0 Å². The number of carbonyl (C=O) groups excluding carboxylic acids is 1. The van der Waals surface area contributed by atoms with E-state index >= 15 is 0 Å². The third-order valence-electron chi connectivity index (χ3n) is 3.12. The van der Waals surface area contributed by atoms with E-state index in [4.69, 9.17) is 9.84 Å². The molecular formula is C14H17N3O6S. The van der Waals surface area contributed by atoms with Crippen molar-refractivity contribution in [3.05, 3.63) is 31.3 Å². The zero-order valence-electron chi connectivity index (χ0n) is 13.8. The van der Waals surface area contributed by atoms with Crippen LogP contribution in [-0.2, 0) is 4.74 Å². The van der Waals surface area contributed by atoms with Crippen molar-refractivity contribution in [2.75, 3.05) is 12.1 Å². The minimum atomic E-state index is -1.19. The topological polar surface area (TPSA) is 122 Å². The lowest BCUT2D eigenvalue weighted by atomic mass is 10.2. The Morgan fingerprint density at radius 3 is 2.38 bits per heavy atom. The standard InChI is InChI=1S/C14H17N3O6S/c1-6-7-9(24-8(6)11(19)20)15-12(21)17(10(7)18)16(5)13(22)23-14(2,3)4/h1-5H3,(H,15,21)(H,19,20). The molecule has 0 aliphatic rings. The summed E-state index contributed by atoms with van der Waals surface area (Å²) in [5.41, 5.74) is -2.22. The second kappa shape index (κ2) is 5.78. The molecule has 1 amide bonds. The van der Waals surface area contributed by atoms with Crippen LogP contribution in [0.15, 0.2) is 9.59 Å². The molecule has 0 saturated carbocycles. The number of carboxylic acid groups (broad SMARTS) is 1. The molecule has 0 spiro atoms. The minimum absolute atomic E-state index is 0.0459. The van der Waals surface area contributed by atoms with Crippen molar-refractivity contribution in [2.45, 2.75) is 33.3 Å². The van der Waals surface area contributed by atoms with Gasteiger partial charge in [-0.3, -0.25) is 9.78 Å². The SMILES string of the molecule is Cc1c(C(=O)O)sc2[nH]c(=O)n(N(C)C(=O)OC(C)(C)C)c(=O)c12. The van der Waals surface area contributed by atoms with Gasteiger partial charge in [0, 0.05) is 7.05 Å². The summed E-state index contributed by atoms with van der Waals surface area (Å²) in [5, 5.41) is 9.95. The summed E-state index contributed by atoms with van der Waals surface area (Å²) in [6.07, 6.45) is -0.888. The van der Waals surface area contributed by atoms with Gasteiger partial charge in [-0.1, -0.05) is 0 Å². The van der Waals surface area contributed by atoms with Crippen LogP contribution in [0, 0.1) is 6.92 Å². The molecule has 2 N–H and O–H groups in total. The molecule has 0 aromatic carbocycles. The highest BCUT2D eigenvalue weighted by molar-refractivity contribution is 7.20. The van der Waals surface area contributed by atoms with Crippen molar-refractivity contribution in [3.8, 4) is 0 Å². The zero-order chi connectivity index (χ0) is 18.4. The Labute approximate surface area is 140 Å². The predicted octanol–water partition coefficient (Wildman–Crippen LogP) is 1.26. The van der Waals surface area contributed by atoms with Crippen LogP contribution in [0.2, 0.25) is 0 Å². The van der Waals surface area contributed by atoms with Crippen LogP contribution in [-0.4, -0.2) is 39.5 Å². The molecule has 2 aromatic rings. The number of nitrogens with zero attached hydrogens (tertiary/aromatic N) is 2. The van der Waals surface area contributed by atoms with Gasteiger partial charge in [-0.2, -0.15) is 4.68 Å². The molecule has 2 rings (SSSR count). The molecule has 0 bridgehead atoms. The van der Waals surface area contributed by atoms with Gasteiger partial charge in [-0.25, -0.2) is 19.4 Å². The largest absolute Gasteiger partial charge is 0.477 e. The molecular weight excluding hydrogens is 338 g/mol. The average molecular weight is 355 g/mol. The number of aromatic carboxylic acids is 1. The number of H-pyrrole nitrogens is 1. The van der Waals surface area contributed by atoms with Crippen molar-refractivity contribution in [1.82, 2.24) is 9.66 Å². The third-order valence-corrected chi connectivity index (χ3v) is 4.31. The van der Waals surface area contributed by atoms with E-state index in [1.54, 1.807) is 20.8 Å². The fraction of sp³-hybridized carbons (Fsp3) is 0.429. The Kier molecular flexibility index (Phi) is 4.27. The number of aryl methyl sites for hydroxylation is 1. The van der Waals surface area contributed by atoms with E-state index in [0.717, 1.165) is 16.3 Å². The number of fused-ring (bicyclic) bond motifs is 1. The van der Waals surface area contributed by atoms with Crippen LogP contribution < -0.4 is 16.3 Å². The van der Waals surface area contributed by atoms with Crippen molar-refractivity contribution >= 4 is 33.6 Å². The molecule has 0 aliphatic carbocycles. The first-order valence-electron chi connectivity index (χ1n) is 6.92. The summed E-state index contributed by atoms with van der Waals surface area (Å²) in [5.74, 6) is -1.19. The van der Waals surface area contributed by atoms with E-state index in [1.807, 2.05) is 0 Å². The summed E-state index contributed by atoms with van der Waals surface area (Å²) < 4.78 is 5.72. The Morgan fingerprint density at radius 2 is 1.88 bits per heavy atom. The van der Waals surface area contributed by atoms with Gasteiger partial charge in [0.1, 0.15) is 15.3 Å². The Balaban J connectivity index is 2.66. The number of hydrogen-bond acceptors (Lipinski definition) is 6. The van der Waals surface area contributed by atoms with Gasteiger partial charge in [0.25, 0.3) is 5.56 Å². The summed E-state index contributed by atoms with van der Waals surface area (Å²) in [6.45, 7) is 6.42. The van der Waals surface area contributed by atoms with Crippen molar-refractivity contribution in [1.29, 1.82) is 0 Å². The van der Waals surface area contributed by atoms with E-state index in [9.17, 15) is 19.2 Å². The van der Waals surface area contributed by atoms with Crippen LogP contribution >= 0.6 is 11.3 Å². The number of amides is 1. The second-order valence-electron chi connectivity index (χ2n) is 6.12. The molecule has 0 fully saturated rings. The van der Waals surface area contributed by atoms with Gasteiger partial charge >= 0.3 is 17.8 Å². The highest BCUT2D eigenvalue weighted by Gasteiger charge is 2.25. The first-order valence-corrected chi connectivity index (χ1v) is 7.74. The molecule has 130 valence electrons. The van der Waals surface area contributed by atoms with Gasteiger partial charge in [-0.15, -0.1) is 11.3 Å². The number of ether oxygens (including phenoxy) is 1. The zero-order valence-corrected chi connectivity index (χ0v) is 14.6. The summed E-state index contributed by atoms with van der Waals surface area (Å²) in [6, 6.07) is 0. The van der Waals surface area contributed by atoms with Crippen molar-refractivity contribution < 1.29 is 19.4 Å². The number of rotatable bonds is 2. The van der Waals surface area contributed by atoms with Crippen LogP contribution in [0.25, 0.3) is 10.2 Å². The number of hydrogen-bond donors (Lipinski definition) is 2. The number of aromatic nitrogens is 2. The normalized spacial score (nSPS) is 11.5. The van der Waals surface area contributed by atoms with Gasteiger partial charge < -0.3 is 9.84 Å². The third kappa shape index (κ3) is 3.04. The molecule has 0 radical (unpaired) electrons. The van der Waals surface area contributed by atoms with Crippen LogP contribution in [0.4, 0.5) is 4.79 Å². The lowest BCUT2D eigenvalue weighted by molar-refractivity contribution is 0.0546. The van der Waals surface area contributed by atoms with Gasteiger partial charge in [0.05, 0.1) is 5.39 Å². The fourth-order valence-corrected chi connectivity index (χ4v) is 3.12. The maximum absolute atomic E-state index is 12.6. The quantitative estimate of drug-likeness (QED) is 0.836. The van der Waals surface area contributed by atoms with E-state index in [-0.39, 0.29) is 20.7 Å². The molecule has 0 aliphatic heterocycles. The first-order chi connectivity index (χ1) is 10.9. The number of thiophene rings is 1. The molecule has 2 aromatic heterocycles. The Morgan fingerprint density at radius 1 is 1.29 bits per heavy atom. The number of carboxylic acids is 1. The van der Waals surface area contributed by atoms with E-state index in [0.29, 0.717) is 4.68 Å². The second-order valence-corrected chi connectivity index (χ2v) is 7.14. The number of aromatic amines is 1. The van der Waals surface area contributed by atoms with Gasteiger partial charge in [0.2, 0.25) is 0 Å². The number of nitrogens with one attached hydrogen (secondary N) is 1. The molecule has 2 heterocycles. The summed E-state index contributed by atoms with van der Waals surface area (Å²) >= 11 is 0.796. The van der Waals surface area contributed by atoms with Gasteiger partial charge in [-0.05, 0) is 33.3 Å². The lowest BCUT2D eigenvalue weighted by Crippen LogP contribution is -2.52. The molecule has 9 nitrogen and oxygen atoms in total. The molecule has 24 heavy (non-hydrogen) atoms. The number of carbonyl (C=O) groups is 2. The Bertz CT molecular complexity index is 946. The highest BCUT2D eigenvalue weighted by Crippen LogP contribution is 2.26. The average Bonchev–Trinajstić information content (AvgIpc) is 2.73. The Hall–Kier alpha value is -2.62. The fourth-order valence-electron chi connectivity index (χ4n) is 2.09. The maximum Gasteiger partial charge on any atom is 0.429 e. The highest BCUT2D eigenvalue weighted by atomic mass is 32.1. The van der Waals surface area contributed by atoms with Crippen LogP contribution in [0.5, 0.6) is 0 Å². The monoisotopic (exact) mass is 355 g/mol. The summed E-state index contributed by atoms with van der Waals surface area (Å²) in [7, 11) is 1.22. The van der Waals surface area contributed by atoms with Crippen LogP contribution in [0.3, 0.4) is 0 Å². The van der Waals surface area contributed by atoms with Crippen molar-refractivity contribution in [2.24, 2.45) is 0 Å². The molecule has 0 unspecified atom stereocenters. The predicted molar refractivity (Wildman–Crippen MR) is 88.8 cm³/mol. The van der Waals surface area contributed by atoms with Crippen LogP contribution in [0.1, 0.15) is 36.0 Å². The smallest absolute Gasteiger partial charge is 0.429 e. The van der Waals surface area contributed by atoms with E-state index < -0.39 is 28.9 Å². The minimum Gasteiger partial charge on any atom is -0.477 e. The van der Waals surface area contributed by atoms with E-state index in [2.05, 4.69) is 4.98 Å². The lowest BCUT2D eigenvalue weighted by Gasteiger charge is -2.24. The van der Waals surface area contributed by atoms with E-state index in [1.165, 1.54) is 14.0 Å². The molecule has 10 heteroatoms. The molecule has 0 atom stereocenters. The summed E-state index contributed by atoms with van der Waals surface area (Å²) in [4.78, 5) is 50.6. The molecule has 0 saturated heterocycles. The first kappa shape index (κ1) is 17.7.